The molecule has 4 nitrogen and oxygen atoms in total. The molecule has 0 atom stereocenters. The Kier molecular flexibility index (Phi) is 5.84. The standard InChI is InChI=1S/C20H20Cl2N2O2/c1-13-2-4-15(5-3-13)20(26)24-10-8-14(9-11-24)19(25)23-18-12-16(21)6-7-17(18)22/h2-7,12,14H,8-11H2,1H3,(H,23,25). The van der Waals surface area contributed by atoms with Crippen LogP contribution in [0.4, 0.5) is 5.69 Å². The molecule has 0 aromatic heterocycles. The second-order valence-electron chi connectivity index (χ2n) is 6.55. The number of aryl methyl sites for hydroxylation is 1. The fourth-order valence-electron chi connectivity index (χ4n) is 3.05. The zero-order valence-corrected chi connectivity index (χ0v) is 16.0. The molecule has 1 aliphatic rings. The number of nitrogens with zero attached hydrogens (tertiary/aromatic N) is 1. The molecule has 0 saturated carbocycles. The van der Waals surface area contributed by atoms with Crippen LogP contribution in [0.3, 0.4) is 0 Å². The molecule has 1 aliphatic heterocycles. The number of piperidine rings is 1. The maximum absolute atomic E-state index is 12.6. The Labute approximate surface area is 163 Å². The third kappa shape index (κ3) is 4.37. The van der Waals surface area contributed by atoms with Crippen molar-refractivity contribution in [1.82, 2.24) is 4.90 Å². The van der Waals surface area contributed by atoms with Crippen molar-refractivity contribution in [3.05, 3.63) is 63.6 Å². The van der Waals surface area contributed by atoms with Gasteiger partial charge >= 0.3 is 0 Å². The van der Waals surface area contributed by atoms with E-state index in [1.54, 1.807) is 23.1 Å². The number of hydrogen-bond donors (Lipinski definition) is 1. The van der Waals surface area contributed by atoms with Crippen LogP contribution in [0, 0.1) is 12.8 Å². The third-order valence-electron chi connectivity index (χ3n) is 4.64. The first-order valence-corrected chi connectivity index (χ1v) is 9.31. The molecule has 1 N–H and O–H groups in total. The fourth-order valence-corrected chi connectivity index (χ4v) is 3.39. The van der Waals surface area contributed by atoms with Crippen LogP contribution < -0.4 is 5.32 Å². The summed E-state index contributed by atoms with van der Waals surface area (Å²) >= 11 is 12.1. The zero-order chi connectivity index (χ0) is 18.7. The van der Waals surface area contributed by atoms with Gasteiger partial charge in [-0.2, -0.15) is 0 Å². The van der Waals surface area contributed by atoms with Crippen LogP contribution in [0.25, 0.3) is 0 Å². The predicted octanol–water partition coefficient (Wildman–Crippen LogP) is 4.79. The number of rotatable bonds is 3. The van der Waals surface area contributed by atoms with Gasteiger partial charge in [-0.15, -0.1) is 0 Å². The lowest BCUT2D eigenvalue weighted by molar-refractivity contribution is -0.121. The summed E-state index contributed by atoms with van der Waals surface area (Å²) < 4.78 is 0. The van der Waals surface area contributed by atoms with Gasteiger partial charge in [0, 0.05) is 29.6 Å². The highest BCUT2D eigenvalue weighted by Gasteiger charge is 2.28. The van der Waals surface area contributed by atoms with E-state index >= 15 is 0 Å². The monoisotopic (exact) mass is 390 g/mol. The highest BCUT2D eigenvalue weighted by Crippen LogP contribution is 2.27. The van der Waals surface area contributed by atoms with E-state index < -0.39 is 0 Å². The number of benzene rings is 2. The summed E-state index contributed by atoms with van der Waals surface area (Å²) in [5, 5.41) is 3.81. The zero-order valence-electron chi connectivity index (χ0n) is 14.5. The van der Waals surface area contributed by atoms with Gasteiger partial charge in [0.25, 0.3) is 5.91 Å². The molecule has 0 aliphatic carbocycles. The number of halogens is 2. The lowest BCUT2D eigenvalue weighted by Gasteiger charge is -2.31. The first-order valence-electron chi connectivity index (χ1n) is 8.56. The van der Waals surface area contributed by atoms with Gasteiger partial charge in [-0.3, -0.25) is 9.59 Å². The molecule has 1 saturated heterocycles. The van der Waals surface area contributed by atoms with Gasteiger partial charge in [-0.25, -0.2) is 0 Å². The minimum absolute atomic E-state index is 0.0155. The van der Waals surface area contributed by atoms with Gasteiger partial charge in [0.15, 0.2) is 0 Å². The normalized spacial score (nSPS) is 15.0. The first kappa shape index (κ1) is 18.7. The Morgan fingerprint density at radius 1 is 1.04 bits per heavy atom. The Morgan fingerprint density at radius 3 is 2.35 bits per heavy atom. The number of carbonyl (C=O) groups is 2. The lowest BCUT2D eigenvalue weighted by Crippen LogP contribution is -2.41. The van der Waals surface area contributed by atoms with Gasteiger partial charge in [0.2, 0.25) is 5.91 Å². The molecule has 26 heavy (non-hydrogen) atoms. The predicted molar refractivity (Wildman–Crippen MR) is 105 cm³/mol. The Bertz CT molecular complexity index is 813. The lowest BCUT2D eigenvalue weighted by atomic mass is 9.95. The largest absolute Gasteiger partial charge is 0.339 e. The molecule has 2 amide bonds. The van der Waals surface area contributed by atoms with Crippen LogP contribution in [0.2, 0.25) is 10.0 Å². The second kappa shape index (κ2) is 8.11. The SMILES string of the molecule is Cc1ccc(C(=O)N2CCC(C(=O)Nc3cc(Cl)ccc3Cl)CC2)cc1. The van der Waals surface area contributed by atoms with E-state index in [-0.39, 0.29) is 17.7 Å². The minimum Gasteiger partial charge on any atom is -0.339 e. The summed E-state index contributed by atoms with van der Waals surface area (Å²) in [6, 6.07) is 12.5. The summed E-state index contributed by atoms with van der Waals surface area (Å²) in [4.78, 5) is 26.9. The number of amides is 2. The number of hydrogen-bond acceptors (Lipinski definition) is 2. The van der Waals surface area contributed by atoms with Crippen LogP contribution in [0.15, 0.2) is 42.5 Å². The molecule has 2 aromatic carbocycles. The van der Waals surface area contributed by atoms with Crippen molar-refractivity contribution >= 4 is 40.7 Å². The quantitative estimate of drug-likeness (QED) is 0.818. The van der Waals surface area contributed by atoms with Crippen LogP contribution >= 0.6 is 23.2 Å². The molecule has 3 rings (SSSR count). The highest BCUT2D eigenvalue weighted by molar-refractivity contribution is 6.35. The van der Waals surface area contributed by atoms with E-state index in [0.717, 1.165) is 5.56 Å². The topological polar surface area (TPSA) is 49.4 Å². The minimum atomic E-state index is -0.146. The van der Waals surface area contributed by atoms with Crippen molar-refractivity contribution in [2.24, 2.45) is 5.92 Å². The van der Waals surface area contributed by atoms with Crippen molar-refractivity contribution in [1.29, 1.82) is 0 Å². The van der Waals surface area contributed by atoms with Gasteiger partial charge in [0.05, 0.1) is 10.7 Å². The van der Waals surface area contributed by atoms with E-state index in [1.807, 2.05) is 31.2 Å². The molecule has 1 heterocycles. The molecular formula is C20H20Cl2N2O2. The highest BCUT2D eigenvalue weighted by atomic mass is 35.5. The molecule has 136 valence electrons. The van der Waals surface area contributed by atoms with Gasteiger partial charge < -0.3 is 10.2 Å². The van der Waals surface area contributed by atoms with Crippen molar-refractivity contribution in [3.8, 4) is 0 Å². The van der Waals surface area contributed by atoms with Crippen LogP contribution in [0.1, 0.15) is 28.8 Å². The molecule has 0 unspecified atom stereocenters. The molecule has 2 aromatic rings. The molecule has 0 radical (unpaired) electrons. The first-order chi connectivity index (χ1) is 12.4. The maximum Gasteiger partial charge on any atom is 0.253 e. The van der Waals surface area contributed by atoms with Crippen molar-refractivity contribution in [2.45, 2.75) is 19.8 Å². The molecule has 0 spiro atoms. The maximum atomic E-state index is 12.6. The van der Waals surface area contributed by atoms with Gasteiger partial charge in [-0.1, -0.05) is 40.9 Å². The molecule has 0 bridgehead atoms. The van der Waals surface area contributed by atoms with Gasteiger partial charge in [-0.05, 0) is 50.1 Å². The van der Waals surface area contributed by atoms with E-state index in [1.165, 1.54) is 0 Å². The summed E-state index contributed by atoms with van der Waals surface area (Å²) in [6.45, 7) is 3.12. The molecular weight excluding hydrogens is 371 g/mol. The van der Waals surface area contributed by atoms with Crippen LogP contribution in [-0.4, -0.2) is 29.8 Å². The number of carbonyl (C=O) groups excluding carboxylic acids is 2. The Balaban J connectivity index is 1.57. The third-order valence-corrected chi connectivity index (χ3v) is 5.20. The van der Waals surface area contributed by atoms with Crippen molar-refractivity contribution in [2.75, 3.05) is 18.4 Å². The van der Waals surface area contributed by atoms with Crippen molar-refractivity contribution in [3.63, 3.8) is 0 Å². The summed E-state index contributed by atoms with van der Waals surface area (Å²) in [5.41, 5.74) is 2.32. The number of likely N-dealkylation sites (tertiary alicyclic amines) is 1. The summed E-state index contributed by atoms with van der Waals surface area (Å²) in [5.74, 6) is -0.217. The molecule has 1 fully saturated rings. The van der Waals surface area contributed by atoms with E-state index in [0.29, 0.717) is 47.2 Å². The van der Waals surface area contributed by atoms with Crippen LogP contribution in [-0.2, 0) is 4.79 Å². The Morgan fingerprint density at radius 2 is 1.69 bits per heavy atom. The second-order valence-corrected chi connectivity index (χ2v) is 7.39. The molecule has 6 heteroatoms. The Hall–Kier alpha value is -2.04. The van der Waals surface area contributed by atoms with E-state index in [4.69, 9.17) is 23.2 Å². The average molecular weight is 391 g/mol. The number of nitrogens with one attached hydrogen (secondary N) is 1. The average Bonchev–Trinajstić information content (AvgIpc) is 2.65. The smallest absolute Gasteiger partial charge is 0.253 e. The summed E-state index contributed by atoms with van der Waals surface area (Å²) in [6.07, 6.45) is 1.25. The van der Waals surface area contributed by atoms with Gasteiger partial charge in [0.1, 0.15) is 0 Å². The number of anilines is 1. The van der Waals surface area contributed by atoms with E-state index in [2.05, 4.69) is 5.32 Å². The van der Waals surface area contributed by atoms with Crippen LogP contribution in [0.5, 0.6) is 0 Å². The summed E-state index contributed by atoms with van der Waals surface area (Å²) in [7, 11) is 0. The van der Waals surface area contributed by atoms with Crippen molar-refractivity contribution < 1.29 is 9.59 Å². The fraction of sp³-hybridized carbons (Fsp3) is 0.300. The van der Waals surface area contributed by atoms with E-state index in [9.17, 15) is 9.59 Å².